The van der Waals surface area contributed by atoms with Crippen LogP contribution in [0.5, 0.6) is 5.75 Å². The molecule has 3 rings (SSSR count). The van der Waals surface area contributed by atoms with Crippen LogP contribution in [0.15, 0.2) is 40.8 Å². The molecule has 0 unspecified atom stereocenters. The number of para-hydroxylation sites is 1. The Kier molecular flexibility index (Phi) is 5.92. The van der Waals surface area contributed by atoms with E-state index in [2.05, 4.69) is 6.07 Å². The lowest BCUT2D eigenvalue weighted by molar-refractivity contribution is 0.0695. The summed E-state index contributed by atoms with van der Waals surface area (Å²) < 4.78 is 16.7. The van der Waals surface area contributed by atoms with Crippen molar-refractivity contribution in [3.63, 3.8) is 0 Å². The van der Waals surface area contributed by atoms with Gasteiger partial charge in [-0.2, -0.15) is 5.26 Å². The summed E-state index contributed by atoms with van der Waals surface area (Å²) in [4.78, 5) is 14.4. The highest BCUT2D eigenvalue weighted by molar-refractivity contribution is 5.91. The molecule has 0 N–H and O–H groups in total. The van der Waals surface area contributed by atoms with Crippen LogP contribution in [0, 0.1) is 17.2 Å². The molecule has 0 spiro atoms. The first kappa shape index (κ1) is 18.0. The second kappa shape index (κ2) is 8.54. The zero-order valence-corrected chi connectivity index (χ0v) is 14.8. The summed E-state index contributed by atoms with van der Waals surface area (Å²) in [5.74, 6) is 1.61. The van der Waals surface area contributed by atoms with Crippen LogP contribution in [0.3, 0.4) is 0 Å². The van der Waals surface area contributed by atoms with Crippen molar-refractivity contribution in [3.05, 3.63) is 53.5 Å². The standard InChI is InChI=1S/C20H22N2O4/c1-2-22(12-15-9-10-24-13-15)20(23)19-8-7-17(26-19)14-25-18-6-4-3-5-16(18)11-21/h3-8,15H,2,9-10,12-14H2,1H3/t15-/m0/s1. The normalized spacial score (nSPS) is 16.2. The fraction of sp³-hybridized carbons (Fsp3) is 0.400. The van der Waals surface area contributed by atoms with Gasteiger partial charge in [0.1, 0.15) is 24.2 Å². The Morgan fingerprint density at radius 1 is 1.35 bits per heavy atom. The number of ether oxygens (including phenoxy) is 2. The third-order valence-corrected chi connectivity index (χ3v) is 4.42. The Labute approximate surface area is 152 Å². The highest BCUT2D eigenvalue weighted by Gasteiger charge is 2.24. The highest BCUT2D eigenvalue weighted by Crippen LogP contribution is 2.20. The lowest BCUT2D eigenvalue weighted by Gasteiger charge is -2.22. The molecule has 6 nitrogen and oxygen atoms in total. The molecule has 1 aliphatic rings. The number of carbonyl (C=O) groups excluding carboxylic acids is 1. The molecule has 2 aromatic rings. The van der Waals surface area contributed by atoms with E-state index in [4.69, 9.17) is 19.2 Å². The first-order valence-corrected chi connectivity index (χ1v) is 8.79. The molecule has 1 fully saturated rings. The quantitative estimate of drug-likeness (QED) is 0.763. The average molecular weight is 354 g/mol. The number of carbonyl (C=O) groups is 1. The number of amides is 1. The Morgan fingerprint density at radius 2 is 2.19 bits per heavy atom. The number of benzene rings is 1. The van der Waals surface area contributed by atoms with Crippen LogP contribution < -0.4 is 4.74 Å². The minimum Gasteiger partial charge on any atom is -0.484 e. The van der Waals surface area contributed by atoms with Crippen LogP contribution in [0.1, 0.15) is 35.2 Å². The van der Waals surface area contributed by atoms with Gasteiger partial charge in [0.05, 0.1) is 12.2 Å². The lowest BCUT2D eigenvalue weighted by atomic mass is 10.1. The predicted molar refractivity (Wildman–Crippen MR) is 94.7 cm³/mol. The predicted octanol–water partition coefficient (Wildman–Crippen LogP) is 3.23. The van der Waals surface area contributed by atoms with Crippen molar-refractivity contribution in [1.82, 2.24) is 4.90 Å². The molecule has 0 aliphatic carbocycles. The monoisotopic (exact) mass is 354 g/mol. The number of nitriles is 1. The lowest BCUT2D eigenvalue weighted by Crippen LogP contribution is -2.35. The third-order valence-electron chi connectivity index (χ3n) is 4.42. The van der Waals surface area contributed by atoms with Crippen molar-refractivity contribution in [1.29, 1.82) is 5.26 Å². The van der Waals surface area contributed by atoms with Gasteiger partial charge in [0, 0.05) is 25.6 Å². The Morgan fingerprint density at radius 3 is 2.92 bits per heavy atom. The number of nitrogens with zero attached hydrogens (tertiary/aromatic N) is 2. The molecule has 6 heteroatoms. The molecular weight excluding hydrogens is 332 g/mol. The van der Waals surface area contributed by atoms with Gasteiger partial charge < -0.3 is 18.8 Å². The number of rotatable bonds is 7. The molecule has 1 amide bonds. The van der Waals surface area contributed by atoms with Crippen LogP contribution in [0.2, 0.25) is 0 Å². The van der Waals surface area contributed by atoms with Crippen LogP contribution in [0.25, 0.3) is 0 Å². The van der Waals surface area contributed by atoms with Gasteiger partial charge in [-0.3, -0.25) is 4.79 Å². The Balaban J connectivity index is 1.61. The van der Waals surface area contributed by atoms with Gasteiger partial charge in [-0.15, -0.1) is 0 Å². The molecule has 26 heavy (non-hydrogen) atoms. The first-order chi connectivity index (χ1) is 12.7. The topological polar surface area (TPSA) is 75.7 Å². The molecule has 0 saturated carbocycles. The fourth-order valence-corrected chi connectivity index (χ4v) is 2.95. The SMILES string of the molecule is CCN(C[C@@H]1CCOC1)C(=O)c1ccc(COc2ccccc2C#N)o1. The van der Waals surface area contributed by atoms with Crippen molar-refractivity contribution < 1.29 is 18.7 Å². The molecule has 1 aliphatic heterocycles. The Bertz CT molecular complexity index is 787. The number of hydrogen-bond acceptors (Lipinski definition) is 5. The second-order valence-corrected chi connectivity index (χ2v) is 6.24. The van der Waals surface area contributed by atoms with Gasteiger partial charge in [-0.1, -0.05) is 12.1 Å². The highest BCUT2D eigenvalue weighted by atomic mass is 16.5. The van der Waals surface area contributed by atoms with Gasteiger partial charge in [0.25, 0.3) is 5.91 Å². The molecule has 1 aromatic carbocycles. The summed E-state index contributed by atoms with van der Waals surface area (Å²) in [6.45, 7) is 4.89. The van der Waals surface area contributed by atoms with Crippen molar-refractivity contribution in [2.75, 3.05) is 26.3 Å². The zero-order valence-electron chi connectivity index (χ0n) is 14.8. The van der Waals surface area contributed by atoms with E-state index >= 15 is 0 Å². The number of furan rings is 1. The van der Waals surface area contributed by atoms with Crippen LogP contribution in [0.4, 0.5) is 0 Å². The largest absolute Gasteiger partial charge is 0.484 e. The van der Waals surface area contributed by atoms with E-state index < -0.39 is 0 Å². The maximum atomic E-state index is 12.7. The van der Waals surface area contributed by atoms with Crippen molar-refractivity contribution in [2.45, 2.75) is 20.0 Å². The summed E-state index contributed by atoms with van der Waals surface area (Å²) in [5, 5.41) is 9.09. The van der Waals surface area contributed by atoms with E-state index in [0.717, 1.165) is 13.0 Å². The zero-order chi connectivity index (χ0) is 18.4. The van der Waals surface area contributed by atoms with E-state index in [-0.39, 0.29) is 12.5 Å². The third kappa shape index (κ3) is 4.24. The molecule has 136 valence electrons. The molecule has 1 aromatic heterocycles. The van der Waals surface area contributed by atoms with Crippen LogP contribution in [-0.2, 0) is 11.3 Å². The molecular formula is C20H22N2O4. The Hall–Kier alpha value is -2.78. The molecule has 1 atom stereocenters. The van der Waals surface area contributed by atoms with E-state index in [0.29, 0.717) is 48.4 Å². The van der Waals surface area contributed by atoms with E-state index in [1.165, 1.54) is 0 Å². The first-order valence-electron chi connectivity index (χ1n) is 8.79. The van der Waals surface area contributed by atoms with Crippen molar-refractivity contribution >= 4 is 5.91 Å². The maximum absolute atomic E-state index is 12.7. The van der Waals surface area contributed by atoms with Gasteiger partial charge in [-0.25, -0.2) is 0 Å². The van der Waals surface area contributed by atoms with Crippen LogP contribution in [-0.4, -0.2) is 37.1 Å². The minimum atomic E-state index is -0.122. The minimum absolute atomic E-state index is 0.122. The molecule has 1 saturated heterocycles. The van der Waals surface area contributed by atoms with Gasteiger partial charge >= 0.3 is 0 Å². The van der Waals surface area contributed by atoms with Gasteiger partial charge in [0.15, 0.2) is 5.76 Å². The second-order valence-electron chi connectivity index (χ2n) is 6.24. The maximum Gasteiger partial charge on any atom is 0.289 e. The van der Waals surface area contributed by atoms with Crippen LogP contribution >= 0.6 is 0 Å². The number of hydrogen-bond donors (Lipinski definition) is 0. The summed E-state index contributed by atoms with van der Waals surface area (Å²) in [6.07, 6.45) is 0.985. The van der Waals surface area contributed by atoms with E-state index in [1.807, 2.05) is 6.92 Å². The summed E-state index contributed by atoms with van der Waals surface area (Å²) in [5.41, 5.74) is 0.464. The molecule has 0 bridgehead atoms. The summed E-state index contributed by atoms with van der Waals surface area (Å²) in [7, 11) is 0. The molecule has 0 radical (unpaired) electrons. The van der Waals surface area contributed by atoms with Gasteiger partial charge in [-0.05, 0) is 37.6 Å². The summed E-state index contributed by atoms with van der Waals surface area (Å²) >= 11 is 0. The van der Waals surface area contributed by atoms with E-state index in [9.17, 15) is 4.79 Å². The van der Waals surface area contributed by atoms with Crippen molar-refractivity contribution in [3.8, 4) is 11.8 Å². The van der Waals surface area contributed by atoms with Gasteiger partial charge in [0.2, 0.25) is 0 Å². The summed E-state index contributed by atoms with van der Waals surface area (Å²) in [6, 6.07) is 12.5. The smallest absolute Gasteiger partial charge is 0.289 e. The van der Waals surface area contributed by atoms with Crippen molar-refractivity contribution in [2.24, 2.45) is 5.92 Å². The fourth-order valence-electron chi connectivity index (χ4n) is 2.95. The van der Waals surface area contributed by atoms with E-state index in [1.54, 1.807) is 41.3 Å². The molecule has 2 heterocycles. The average Bonchev–Trinajstić information content (AvgIpc) is 3.36.